The first-order valence-electron chi connectivity index (χ1n) is 8.80. The van der Waals surface area contributed by atoms with Crippen molar-refractivity contribution in [1.29, 1.82) is 0 Å². The van der Waals surface area contributed by atoms with E-state index >= 15 is 0 Å². The fourth-order valence-electron chi connectivity index (χ4n) is 3.22. The van der Waals surface area contributed by atoms with Crippen LogP contribution in [0.1, 0.15) is 17.5 Å². The topological polar surface area (TPSA) is 75.3 Å². The first-order chi connectivity index (χ1) is 12.6. The van der Waals surface area contributed by atoms with E-state index in [-0.39, 0.29) is 5.91 Å². The van der Waals surface area contributed by atoms with E-state index in [0.717, 1.165) is 41.9 Å². The number of nitrogens with zero attached hydrogens (tertiary/aromatic N) is 1. The van der Waals surface area contributed by atoms with Crippen LogP contribution in [-0.2, 0) is 22.4 Å². The predicted molar refractivity (Wildman–Crippen MR) is 101 cm³/mol. The Bertz CT molecular complexity index is 820. The standard InChI is InChI=1S/C20H23N3O3/c1-21-12-11-19(24)23-17-6-4-3-5-14(17)7-8-15-9-10-16(13-18(15)23)22-20(25)26-2/h3-6,9-10,13,21H,7-8,11-12H2,1-2H3,(H,22,25)/p+1. The molecule has 0 aromatic heterocycles. The molecule has 3 rings (SSSR count). The van der Waals surface area contributed by atoms with Gasteiger partial charge in [-0.3, -0.25) is 15.0 Å². The summed E-state index contributed by atoms with van der Waals surface area (Å²) in [5.41, 5.74) is 4.59. The Morgan fingerprint density at radius 1 is 1.12 bits per heavy atom. The number of para-hydroxylation sites is 1. The van der Waals surface area contributed by atoms with E-state index < -0.39 is 6.09 Å². The Hall–Kier alpha value is -2.86. The first kappa shape index (κ1) is 17.9. The summed E-state index contributed by atoms with van der Waals surface area (Å²) in [6, 6.07) is 13.7. The van der Waals surface area contributed by atoms with Gasteiger partial charge in [0.2, 0.25) is 5.91 Å². The minimum Gasteiger partial charge on any atom is -0.453 e. The molecule has 1 aliphatic heterocycles. The highest BCUT2D eigenvalue weighted by Crippen LogP contribution is 2.37. The van der Waals surface area contributed by atoms with Crippen molar-refractivity contribution in [2.45, 2.75) is 19.3 Å². The Balaban J connectivity index is 2.06. The molecule has 0 saturated heterocycles. The maximum atomic E-state index is 13.0. The van der Waals surface area contributed by atoms with Crippen molar-refractivity contribution in [1.82, 2.24) is 0 Å². The van der Waals surface area contributed by atoms with Crippen LogP contribution in [0.15, 0.2) is 42.5 Å². The smallest absolute Gasteiger partial charge is 0.411 e. The van der Waals surface area contributed by atoms with E-state index in [9.17, 15) is 9.59 Å². The zero-order valence-electron chi connectivity index (χ0n) is 15.1. The highest BCUT2D eigenvalue weighted by Gasteiger charge is 2.26. The maximum absolute atomic E-state index is 13.0. The number of benzene rings is 2. The van der Waals surface area contributed by atoms with Crippen molar-refractivity contribution in [3.63, 3.8) is 0 Å². The molecule has 3 N–H and O–H groups in total. The first-order valence-corrected chi connectivity index (χ1v) is 8.80. The molecule has 1 heterocycles. The number of carbonyl (C=O) groups is 2. The van der Waals surface area contributed by atoms with Crippen molar-refractivity contribution in [2.24, 2.45) is 0 Å². The molecule has 6 nitrogen and oxygen atoms in total. The SMILES string of the molecule is C[NH2+]CCC(=O)N1c2ccccc2CCc2ccc(NC(=O)OC)cc21. The number of quaternary nitrogens is 1. The molecule has 0 saturated carbocycles. The second kappa shape index (κ2) is 8.01. The van der Waals surface area contributed by atoms with Gasteiger partial charge in [0, 0.05) is 5.69 Å². The highest BCUT2D eigenvalue weighted by molar-refractivity contribution is 6.03. The molecule has 0 spiro atoms. The lowest BCUT2D eigenvalue weighted by Gasteiger charge is -2.25. The predicted octanol–water partition coefficient (Wildman–Crippen LogP) is 2.21. The van der Waals surface area contributed by atoms with Crippen LogP contribution in [-0.4, -0.2) is 32.7 Å². The van der Waals surface area contributed by atoms with Crippen LogP contribution in [0, 0.1) is 0 Å². The molecule has 0 fully saturated rings. The number of nitrogens with two attached hydrogens (primary N) is 1. The fraction of sp³-hybridized carbons (Fsp3) is 0.300. The molecule has 0 unspecified atom stereocenters. The van der Waals surface area contributed by atoms with Crippen LogP contribution >= 0.6 is 0 Å². The number of ether oxygens (including phenoxy) is 1. The molecule has 0 aliphatic carbocycles. The lowest BCUT2D eigenvalue weighted by molar-refractivity contribution is -0.625. The summed E-state index contributed by atoms with van der Waals surface area (Å²) in [7, 11) is 3.28. The second-order valence-electron chi connectivity index (χ2n) is 6.26. The van der Waals surface area contributed by atoms with Gasteiger partial charge >= 0.3 is 6.09 Å². The molecular weight excluding hydrogens is 330 g/mol. The van der Waals surface area contributed by atoms with Gasteiger partial charge in [0.1, 0.15) is 0 Å². The van der Waals surface area contributed by atoms with Crippen molar-refractivity contribution in [2.75, 3.05) is 30.9 Å². The Morgan fingerprint density at radius 3 is 2.58 bits per heavy atom. The summed E-state index contributed by atoms with van der Waals surface area (Å²) in [5, 5.41) is 4.68. The van der Waals surface area contributed by atoms with Crippen molar-refractivity contribution < 1.29 is 19.6 Å². The summed E-state index contributed by atoms with van der Waals surface area (Å²) in [6.07, 6.45) is 1.63. The van der Waals surface area contributed by atoms with Gasteiger partial charge in [-0.25, -0.2) is 4.79 Å². The third kappa shape index (κ3) is 3.70. The molecule has 136 valence electrons. The number of carbonyl (C=O) groups excluding carboxylic acids is 2. The Morgan fingerprint density at radius 2 is 1.85 bits per heavy atom. The van der Waals surface area contributed by atoms with Crippen molar-refractivity contribution in [3.05, 3.63) is 53.6 Å². The number of aryl methyl sites for hydroxylation is 2. The normalized spacial score (nSPS) is 12.6. The van der Waals surface area contributed by atoms with E-state index in [1.54, 1.807) is 4.90 Å². The molecule has 0 atom stereocenters. The number of amides is 2. The molecule has 1 aliphatic rings. The van der Waals surface area contributed by atoms with Gasteiger partial charge in [-0.15, -0.1) is 0 Å². The summed E-state index contributed by atoms with van der Waals surface area (Å²) in [4.78, 5) is 26.4. The molecule has 26 heavy (non-hydrogen) atoms. The van der Waals surface area contributed by atoms with E-state index in [1.807, 2.05) is 48.8 Å². The third-order valence-electron chi connectivity index (χ3n) is 4.55. The van der Waals surface area contributed by atoms with Crippen molar-refractivity contribution >= 4 is 29.1 Å². The molecular formula is C20H24N3O3+. The van der Waals surface area contributed by atoms with Crippen LogP contribution in [0.2, 0.25) is 0 Å². The van der Waals surface area contributed by atoms with Crippen LogP contribution in [0.5, 0.6) is 0 Å². The monoisotopic (exact) mass is 354 g/mol. The van der Waals surface area contributed by atoms with Gasteiger partial charge in [-0.2, -0.15) is 0 Å². The minimum atomic E-state index is -0.530. The van der Waals surface area contributed by atoms with Gasteiger partial charge < -0.3 is 10.1 Å². The Labute approximate surface area is 153 Å². The lowest BCUT2D eigenvalue weighted by atomic mass is 10.0. The molecule has 2 aromatic rings. The molecule has 6 heteroatoms. The average Bonchev–Trinajstić information content (AvgIpc) is 2.82. The minimum absolute atomic E-state index is 0.0499. The van der Waals surface area contributed by atoms with Gasteiger partial charge in [0.15, 0.2) is 0 Å². The zero-order valence-corrected chi connectivity index (χ0v) is 15.1. The summed E-state index contributed by atoms with van der Waals surface area (Å²) in [6.45, 7) is 0.729. The van der Waals surface area contributed by atoms with Gasteiger partial charge in [-0.1, -0.05) is 24.3 Å². The number of rotatable bonds is 4. The number of hydrogen-bond donors (Lipinski definition) is 2. The van der Waals surface area contributed by atoms with Crippen LogP contribution in [0.25, 0.3) is 0 Å². The van der Waals surface area contributed by atoms with Gasteiger partial charge in [0.05, 0.1) is 38.5 Å². The lowest BCUT2D eigenvalue weighted by Crippen LogP contribution is -2.80. The number of fused-ring (bicyclic) bond motifs is 2. The number of nitrogens with one attached hydrogen (secondary N) is 1. The van der Waals surface area contributed by atoms with E-state index in [4.69, 9.17) is 0 Å². The van der Waals surface area contributed by atoms with E-state index in [0.29, 0.717) is 12.1 Å². The maximum Gasteiger partial charge on any atom is 0.411 e. The van der Waals surface area contributed by atoms with Crippen LogP contribution in [0.3, 0.4) is 0 Å². The highest BCUT2D eigenvalue weighted by atomic mass is 16.5. The number of methoxy groups -OCH3 is 1. The summed E-state index contributed by atoms with van der Waals surface area (Å²) >= 11 is 0. The van der Waals surface area contributed by atoms with Gasteiger partial charge in [0.25, 0.3) is 0 Å². The quantitative estimate of drug-likeness (QED) is 0.884. The average molecular weight is 354 g/mol. The Kier molecular flexibility index (Phi) is 5.53. The fourth-order valence-corrected chi connectivity index (χ4v) is 3.22. The molecule has 0 radical (unpaired) electrons. The summed E-state index contributed by atoms with van der Waals surface area (Å²) in [5.74, 6) is 0.0499. The van der Waals surface area contributed by atoms with Gasteiger partial charge in [-0.05, 0) is 42.2 Å². The second-order valence-corrected chi connectivity index (χ2v) is 6.26. The van der Waals surface area contributed by atoms with Crippen LogP contribution < -0.4 is 15.5 Å². The van der Waals surface area contributed by atoms with Crippen LogP contribution in [0.4, 0.5) is 21.9 Å². The number of hydrogen-bond acceptors (Lipinski definition) is 3. The zero-order chi connectivity index (χ0) is 18.5. The third-order valence-corrected chi connectivity index (χ3v) is 4.55. The van der Waals surface area contributed by atoms with E-state index in [1.165, 1.54) is 7.11 Å². The summed E-state index contributed by atoms with van der Waals surface area (Å²) < 4.78 is 4.67. The molecule has 0 bridgehead atoms. The molecule has 2 aromatic carbocycles. The number of anilines is 3. The van der Waals surface area contributed by atoms with Crippen molar-refractivity contribution in [3.8, 4) is 0 Å². The molecule has 2 amide bonds. The van der Waals surface area contributed by atoms with E-state index in [2.05, 4.69) is 16.1 Å². The largest absolute Gasteiger partial charge is 0.453 e.